The Morgan fingerprint density at radius 1 is 1.15 bits per heavy atom. The predicted molar refractivity (Wildman–Crippen MR) is 98.7 cm³/mol. The van der Waals surface area contributed by atoms with E-state index in [2.05, 4.69) is 21.0 Å². The van der Waals surface area contributed by atoms with Gasteiger partial charge in [-0.3, -0.25) is 0 Å². The van der Waals surface area contributed by atoms with Crippen molar-refractivity contribution in [1.82, 2.24) is 20.3 Å². The molecule has 1 heterocycles. The van der Waals surface area contributed by atoms with Gasteiger partial charge in [0, 0.05) is 10.6 Å². The first kappa shape index (κ1) is 17.8. The molecule has 0 aliphatic rings. The van der Waals surface area contributed by atoms with Crippen molar-refractivity contribution in [2.45, 2.75) is 20.1 Å². The largest absolute Gasteiger partial charge is 0.490 e. The SMILES string of the molecule is CCOc1cc(CNn2nnnc2N)ccc1OCc1ccccc1Cl. The molecule has 3 rings (SSSR count). The third-order valence-corrected chi connectivity index (χ3v) is 3.94. The second kappa shape index (κ2) is 8.39. The summed E-state index contributed by atoms with van der Waals surface area (Å²) in [6, 6.07) is 13.3. The molecule has 3 aromatic rings. The van der Waals surface area contributed by atoms with Crippen LogP contribution < -0.4 is 20.6 Å². The van der Waals surface area contributed by atoms with Gasteiger partial charge in [0.25, 0.3) is 5.95 Å². The van der Waals surface area contributed by atoms with Crippen LogP contribution in [0.2, 0.25) is 5.02 Å². The quantitative estimate of drug-likeness (QED) is 0.625. The van der Waals surface area contributed by atoms with Crippen LogP contribution in [0.4, 0.5) is 5.95 Å². The molecule has 0 saturated carbocycles. The van der Waals surface area contributed by atoms with Gasteiger partial charge in [-0.25, -0.2) is 0 Å². The third-order valence-electron chi connectivity index (χ3n) is 3.58. The molecular formula is C17H19ClN6O2. The van der Waals surface area contributed by atoms with E-state index >= 15 is 0 Å². The van der Waals surface area contributed by atoms with Crippen molar-refractivity contribution in [1.29, 1.82) is 0 Å². The van der Waals surface area contributed by atoms with Crippen molar-refractivity contribution in [3.05, 3.63) is 58.6 Å². The fourth-order valence-corrected chi connectivity index (χ4v) is 2.48. The topological polar surface area (TPSA) is 100 Å². The summed E-state index contributed by atoms with van der Waals surface area (Å²) in [5, 5.41) is 11.5. The van der Waals surface area contributed by atoms with Gasteiger partial charge in [0.2, 0.25) is 0 Å². The molecule has 0 unspecified atom stereocenters. The molecule has 9 heteroatoms. The first-order valence-corrected chi connectivity index (χ1v) is 8.45. The second-order valence-electron chi connectivity index (χ2n) is 5.38. The van der Waals surface area contributed by atoms with Gasteiger partial charge in [0.05, 0.1) is 13.2 Å². The van der Waals surface area contributed by atoms with Crippen molar-refractivity contribution in [2.24, 2.45) is 0 Å². The summed E-state index contributed by atoms with van der Waals surface area (Å²) >= 11 is 6.17. The van der Waals surface area contributed by atoms with Crippen molar-refractivity contribution < 1.29 is 9.47 Å². The number of benzene rings is 2. The van der Waals surface area contributed by atoms with Gasteiger partial charge < -0.3 is 20.6 Å². The van der Waals surface area contributed by atoms with Crippen LogP contribution in [-0.2, 0) is 13.2 Å². The standard InChI is InChI=1S/C17H19ClN6O2/c1-2-25-16-9-12(10-20-24-17(19)21-22-23-24)7-8-15(16)26-11-13-5-3-4-6-14(13)18/h3-9,20H,2,10-11H2,1H3,(H2,19,21,23). The van der Waals surface area contributed by atoms with Crippen LogP contribution in [0.1, 0.15) is 18.1 Å². The average molecular weight is 375 g/mol. The molecule has 0 bridgehead atoms. The number of hydrogen-bond donors (Lipinski definition) is 2. The van der Waals surface area contributed by atoms with Crippen LogP contribution >= 0.6 is 11.6 Å². The van der Waals surface area contributed by atoms with Gasteiger partial charge in [0.1, 0.15) is 6.61 Å². The highest BCUT2D eigenvalue weighted by Gasteiger charge is 2.09. The van der Waals surface area contributed by atoms with Crippen molar-refractivity contribution in [2.75, 3.05) is 17.8 Å². The van der Waals surface area contributed by atoms with E-state index < -0.39 is 0 Å². The molecule has 8 nitrogen and oxygen atoms in total. The number of aromatic nitrogens is 4. The molecule has 3 N–H and O–H groups in total. The predicted octanol–water partition coefficient (Wildman–Crippen LogP) is 2.63. The lowest BCUT2D eigenvalue weighted by Gasteiger charge is -2.14. The molecule has 0 saturated heterocycles. The van der Waals surface area contributed by atoms with E-state index in [9.17, 15) is 0 Å². The van der Waals surface area contributed by atoms with Gasteiger partial charge in [-0.2, -0.15) is 0 Å². The Kier molecular flexibility index (Phi) is 5.75. The van der Waals surface area contributed by atoms with Gasteiger partial charge >= 0.3 is 0 Å². The second-order valence-corrected chi connectivity index (χ2v) is 5.79. The Morgan fingerprint density at radius 2 is 2.00 bits per heavy atom. The smallest absolute Gasteiger partial charge is 0.260 e. The van der Waals surface area contributed by atoms with Crippen molar-refractivity contribution >= 4 is 17.5 Å². The maximum Gasteiger partial charge on any atom is 0.260 e. The molecule has 0 spiro atoms. The van der Waals surface area contributed by atoms with Gasteiger partial charge in [-0.15, -0.1) is 4.79 Å². The zero-order chi connectivity index (χ0) is 18.4. The summed E-state index contributed by atoms with van der Waals surface area (Å²) in [7, 11) is 0. The lowest BCUT2D eigenvalue weighted by Crippen LogP contribution is -2.18. The summed E-state index contributed by atoms with van der Waals surface area (Å²) in [5.74, 6) is 1.50. The Hall–Kier alpha value is -3.00. The van der Waals surface area contributed by atoms with Crippen LogP contribution in [0.25, 0.3) is 0 Å². The van der Waals surface area contributed by atoms with Crippen LogP contribution in [0.15, 0.2) is 42.5 Å². The normalized spacial score (nSPS) is 10.5. The van der Waals surface area contributed by atoms with E-state index in [1.807, 2.05) is 49.4 Å². The Labute approximate surface area is 155 Å². The fraction of sp³-hybridized carbons (Fsp3) is 0.235. The van der Waals surface area contributed by atoms with E-state index in [0.29, 0.717) is 36.3 Å². The number of nitrogens with one attached hydrogen (secondary N) is 1. The lowest BCUT2D eigenvalue weighted by molar-refractivity contribution is 0.269. The summed E-state index contributed by atoms with van der Waals surface area (Å²) in [6.07, 6.45) is 0. The molecule has 0 aliphatic carbocycles. The summed E-state index contributed by atoms with van der Waals surface area (Å²) in [6.45, 7) is 3.28. The Morgan fingerprint density at radius 3 is 2.73 bits per heavy atom. The number of nitrogens with zero attached hydrogens (tertiary/aromatic N) is 4. The van der Waals surface area contributed by atoms with E-state index in [1.165, 1.54) is 4.79 Å². The summed E-state index contributed by atoms with van der Waals surface area (Å²) in [5.41, 5.74) is 10.5. The van der Waals surface area contributed by atoms with Gasteiger partial charge in [-0.05, 0) is 41.1 Å². The van der Waals surface area contributed by atoms with E-state index in [-0.39, 0.29) is 5.95 Å². The van der Waals surface area contributed by atoms with E-state index in [4.69, 9.17) is 26.8 Å². The number of nitrogen functional groups attached to an aromatic ring is 1. The first-order chi connectivity index (χ1) is 12.7. The number of nitrogens with two attached hydrogens (primary N) is 1. The van der Waals surface area contributed by atoms with Crippen molar-refractivity contribution in [3.63, 3.8) is 0 Å². The minimum atomic E-state index is 0.190. The number of anilines is 1. The van der Waals surface area contributed by atoms with Crippen LogP contribution in [0.5, 0.6) is 11.5 Å². The third kappa shape index (κ3) is 4.34. The monoisotopic (exact) mass is 374 g/mol. The molecule has 0 amide bonds. The molecule has 0 fully saturated rings. The molecule has 0 atom stereocenters. The van der Waals surface area contributed by atoms with Crippen LogP contribution in [0, 0.1) is 0 Å². The average Bonchev–Trinajstić information content (AvgIpc) is 3.05. The van der Waals surface area contributed by atoms with Crippen molar-refractivity contribution in [3.8, 4) is 11.5 Å². The molecule has 2 aromatic carbocycles. The minimum absolute atomic E-state index is 0.190. The molecule has 0 aliphatic heterocycles. The molecule has 136 valence electrons. The fourth-order valence-electron chi connectivity index (χ4n) is 2.29. The number of ether oxygens (including phenoxy) is 2. The highest BCUT2D eigenvalue weighted by atomic mass is 35.5. The maximum atomic E-state index is 6.17. The number of tetrazole rings is 1. The summed E-state index contributed by atoms with van der Waals surface area (Å²) in [4.78, 5) is 1.31. The first-order valence-electron chi connectivity index (χ1n) is 8.07. The zero-order valence-electron chi connectivity index (χ0n) is 14.2. The Bertz CT molecular complexity index is 870. The zero-order valence-corrected chi connectivity index (χ0v) is 15.0. The lowest BCUT2D eigenvalue weighted by atomic mass is 10.2. The molecular weight excluding hydrogens is 356 g/mol. The highest BCUT2D eigenvalue weighted by molar-refractivity contribution is 6.31. The number of halogens is 1. The van der Waals surface area contributed by atoms with Gasteiger partial charge in [0.15, 0.2) is 11.5 Å². The van der Waals surface area contributed by atoms with Crippen LogP contribution in [-0.4, -0.2) is 26.9 Å². The summed E-state index contributed by atoms with van der Waals surface area (Å²) < 4.78 is 11.6. The number of rotatable bonds is 8. The van der Waals surface area contributed by atoms with E-state index in [0.717, 1.165) is 11.1 Å². The van der Waals surface area contributed by atoms with E-state index in [1.54, 1.807) is 0 Å². The molecule has 1 aromatic heterocycles. The van der Waals surface area contributed by atoms with Gasteiger partial charge in [-0.1, -0.05) is 41.0 Å². The highest BCUT2D eigenvalue weighted by Crippen LogP contribution is 2.30. The maximum absolute atomic E-state index is 6.17. The molecule has 26 heavy (non-hydrogen) atoms. The minimum Gasteiger partial charge on any atom is -0.490 e. The van der Waals surface area contributed by atoms with Crippen LogP contribution in [0.3, 0.4) is 0 Å². The number of hydrogen-bond acceptors (Lipinski definition) is 7. The Balaban J connectivity index is 1.69. The molecule has 0 radical (unpaired) electrons.